The maximum Gasteiger partial charge on any atom is 0.160 e. The van der Waals surface area contributed by atoms with Crippen LogP contribution in [-0.2, 0) is 4.79 Å². The lowest BCUT2D eigenvalue weighted by Gasteiger charge is -2.07. The molecule has 0 heterocycles. The second-order valence-electron chi connectivity index (χ2n) is 4.47. The summed E-state index contributed by atoms with van der Waals surface area (Å²) >= 11 is 0. The molecule has 1 rings (SSSR count). The first-order valence-corrected chi connectivity index (χ1v) is 7.00. The number of aromatic hydroxyl groups is 1. The summed E-state index contributed by atoms with van der Waals surface area (Å²) in [6.07, 6.45) is 9.39. The topological polar surface area (TPSA) is 46.5 Å². The van der Waals surface area contributed by atoms with Crippen molar-refractivity contribution >= 4 is 11.9 Å². The van der Waals surface area contributed by atoms with Crippen molar-refractivity contribution in [3.05, 3.63) is 42.0 Å². The van der Waals surface area contributed by atoms with Crippen molar-refractivity contribution in [3.63, 3.8) is 0 Å². The number of unbranched alkanes of at least 4 members (excludes halogenated alkanes) is 1. The van der Waals surface area contributed by atoms with Crippen LogP contribution < -0.4 is 4.74 Å². The van der Waals surface area contributed by atoms with Crippen molar-refractivity contribution in [1.29, 1.82) is 0 Å². The van der Waals surface area contributed by atoms with Gasteiger partial charge < -0.3 is 9.84 Å². The predicted octanol–water partition coefficient (Wildman–Crippen LogP) is 4.12. The Bertz CT molecular complexity index is 487. The molecule has 0 spiro atoms. The zero-order valence-corrected chi connectivity index (χ0v) is 12.1. The number of allylic oxidation sites excluding steroid dienone is 3. The summed E-state index contributed by atoms with van der Waals surface area (Å²) in [5.74, 6) is 0.737. The Hall–Kier alpha value is -2.03. The predicted molar refractivity (Wildman–Crippen MR) is 82.0 cm³/mol. The molecule has 1 aromatic rings. The summed E-state index contributed by atoms with van der Waals surface area (Å²) in [7, 11) is 0. The molecule has 20 heavy (non-hydrogen) atoms. The molecule has 3 nitrogen and oxygen atoms in total. The van der Waals surface area contributed by atoms with E-state index in [1.54, 1.807) is 30.4 Å². The van der Waals surface area contributed by atoms with E-state index in [0.29, 0.717) is 18.8 Å². The third-order valence-corrected chi connectivity index (χ3v) is 2.77. The molecular formula is C17H22O3. The van der Waals surface area contributed by atoms with Crippen LogP contribution in [0.5, 0.6) is 11.5 Å². The SMILES string of the molecule is CCCCOc1ccc(C=CC=CC(=O)CC)cc1O. The number of ether oxygens (including phenoxy) is 1. The molecule has 1 aromatic carbocycles. The van der Waals surface area contributed by atoms with Crippen molar-refractivity contribution in [2.24, 2.45) is 0 Å². The van der Waals surface area contributed by atoms with Gasteiger partial charge in [-0.3, -0.25) is 4.79 Å². The monoisotopic (exact) mass is 274 g/mol. The highest BCUT2D eigenvalue weighted by Gasteiger charge is 2.01. The van der Waals surface area contributed by atoms with Gasteiger partial charge in [0.2, 0.25) is 0 Å². The summed E-state index contributed by atoms with van der Waals surface area (Å²) in [6, 6.07) is 5.27. The second kappa shape index (κ2) is 8.97. The van der Waals surface area contributed by atoms with Crippen LogP contribution in [0.25, 0.3) is 6.08 Å². The number of hydrogen-bond donors (Lipinski definition) is 1. The number of hydrogen-bond acceptors (Lipinski definition) is 3. The van der Waals surface area contributed by atoms with Gasteiger partial charge in [0.1, 0.15) is 0 Å². The van der Waals surface area contributed by atoms with E-state index < -0.39 is 0 Å². The van der Waals surface area contributed by atoms with Crippen LogP contribution in [-0.4, -0.2) is 17.5 Å². The van der Waals surface area contributed by atoms with E-state index in [1.807, 2.05) is 19.1 Å². The zero-order valence-electron chi connectivity index (χ0n) is 12.1. The molecule has 0 saturated carbocycles. The minimum atomic E-state index is 0.0946. The second-order valence-corrected chi connectivity index (χ2v) is 4.47. The molecule has 0 aromatic heterocycles. The Balaban J connectivity index is 2.60. The van der Waals surface area contributed by atoms with Gasteiger partial charge in [-0.1, -0.05) is 44.6 Å². The van der Waals surface area contributed by atoms with Gasteiger partial charge in [0.15, 0.2) is 17.3 Å². The highest BCUT2D eigenvalue weighted by Crippen LogP contribution is 2.27. The minimum Gasteiger partial charge on any atom is -0.504 e. The van der Waals surface area contributed by atoms with Crippen LogP contribution in [0.2, 0.25) is 0 Å². The Morgan fingerprint density at radius 1 is 1.30 bits per heavy atom. The molecule has 0 unspecified atom stereocenters. The fourth-order valence-electron chi connectivity index (χ4n) is 1.53. The first-order chi connectivity index (χ1) is 9.67. The molecule has 108 valence electrons. The smallest absolute Gasteiger partial charge is 0.160 e. The molecule has 0 fully saturated rings. The molecule has 0 aliphatic rings. The van der Waals surface area contributed by atoms with E-state index in [1.165, 1.54) is 0 Å². The summed E-state index contributed by atoms with van der Waals surface area (Å²) < 4.78 is 5.47. The molecule has 1 N–H and O–H groups in total. The first kappa shape index (κ1) is 16.0. The number of benzene rings is 1. The fourth-order valence-corrected chi connectivity index (χ4v) is 1.53. The molecule has 3 heteroatoms. The number of phenols is 1. The van der Waals surface area contributed by atoms with Crippen molar-refractivity contribution < 1.29 is 14.6 Å². The maximum absolute atomic E-state index is 11.1. The Morgan fingerprint density at radius 3 is 2.75 bits per heavy atom. The van der Waals surface area contributed by atoms with Gasteiger partial charge in [0.25, 0.3) is 0 Å². The zero-order chi connectivity index (χ0) is 14.8. The average Bonchev–Trinajstić information content (AvgIpc) is 2.45. The highest BCUT2D eigenvalue weighted by atomic mass is 16.5. The molecule has 0 bridgehead atoms. The minimum absolute atomic E-state index is 0.0946. The first-order valence-electron chi connectivity index (χ1n) is 7.00. The Kier molecular flexibility index (Phi) is 7.18. The third kappa shape index (κ3) is 5.74. The summed E-state index contributed by atoms with van der Waals surface area (Å²) in [6.45, 7) is 4.53. The fraction of sp³-hybridized carbons (Fsp3) is 0.353. The molecule has 0 amide bonds. The molecule has 0 radical (unpaired) electrons. The van der Waals surface area contributed by atoms with Gasteiger partial charge in [-0.2, -0.15) is 0 Å². The molecule has 0 saturated heterocycles. The van der Waals surface area contributed by atoms with Crippen LogP contribution in [0.4, 0.5) is 0 Å². The Morgan fingerprint density at radius 2 is 2.10 bits per heavy atom. The molecule has 0 aliphatic heterocycles. The van der Waals surface area contributed by atoms with E-state index in [-0.39, 0.29) is 11.5 Å². The average molecular weight is 274 g/mol. The number of carbonyl (C=O) groups is 1. The summed E-state index contributed by atoms with van der Waals surface area (Å²) in [4.78, 5) is 11.1. The lowest BCUT2D eigenvalue weighted by Crippen LogP contribution is -1.96. The Labute approximate surface area is 120 Å². The number of phenolic OH excluding ortho intramolecular Hbond substituents is 1. The molecule has 0 atom stereocenters. The van der Waals surface area contributed by atoms with E-state index >= 15 is 0 Å². The van der Waals surface area contributed by atoms with Crippen LogP contribution in [0.3, 0.4) is 0 Å². The van der Waals surface area contributed by atoms with Crippen molar-refractivity contribution in [3.8, 4) is 11.5 Å². The number of carbonyl (C=O) groups excluding carboxylic acids is 1. The largest absolute Gasteiger partial charge is 0.504 e. The van der Waals surface area contributed by atoms with Gasteiger partial charge in [-0.15, -0.1) is 0 Å². The van der Waals surface area contributed by atoms with Crippen LogP contribution in [0.1, 0.15) is 38.7 Å². The van der Waals surface area contributed by atoms with Gasteiger partial charge >= 0.3 is 0 Å². The van der Waals surface area contributed by atoms with E-state index in [0.717, 1.165) is 18.4 Å². The lowest BCUT2D eigenvalue weighted by molar-refractivity contribution is -0.114. The molecular weight excluding hydrogens is 252 g/mol. The van der Waals surface area contributed by atoms with Gasteiger partial charge in [0, 0.05) is 6.42 Å². The quantitative estimate of drug-likeness (QED) is 0.440. The summed E-state index contributed by atoms with van der Waals surface area (Å²) in [5.41, 5.74) is 0.860. The van der Waals surface area contributed by atoms with Gasteiger partial charge in [-0.25, -0.2) is 0 Å². The van der Waals surface area contributed by atoms with E-state index in [4.69, 9.17) is 4.74 Å². The van der Waals surface area contributed by atoms with Crippen LogP contribution in [0.15, 0.2) is 36.4 Å². The lowest BCUT2D eigenvalue weighted by atomic mass is 10.2. The van der Waals surface area contributed by atoms with Crippen LogP contribution in [0, 0.1) is 0 Å². The number of rotatable bonds is 8. The van der Waals surface area contributed by atoms with Crippen molar-refractivity contribution in [2.75, 3.05) is 6.61 Å². The summed E-state index contributed by atoms with van der Waals surface area (Å²) in [5, 5.41) is 9.84. The van der Waals surface area contributed by atoms with Crippen LogP contribution >= 0.6 is 0 Å². The molecule has 0 aliphatic carbocycles. The van der Waals surface area contributed by atoms with E-state index in [9.17, 15) is 9.90 Å². The van der Waals surface area contributed by atoms with Crippen molar-refractivity contribution in [2.45, 2.75) is 33.1 Å². The maximum atomic E-state index is 11.1. The standard InChI is InChI=1S/C17H22O3/c1-3-5-12-20-17-11-10-14(13-16(17)19)8-6-7-9-15(18)4-2/h6-11,13,19H,3-5,12H2,1-2H3. The normalized spacial score (nSPS) is 11.3. The number of ketones is 1. The van der Waals surface area contributed by atoms with Crippen molar-refractivity contribution in [1.82, 2.24) is 0 Å². The third-order valence-electron chi connectivity index (χ3n) is 2.77. The van der Waals surface area contributed by atoms with Gasteiger partial charge in [0.05, 0.1) is 6.61 Å². The highest BCUT2D eigenvalue weighted by molar-refractivity contribution is 5.89. The van der Waals surface area contributed by atoms with Gasteiger partial charge in [-0.05, 0) is 30.2 Å². The van der Waals surface area contributed by atoms with E-state index in [2.05, 4.69) is 6.92 Å².